The van der Waals surface area contributed by atoms with Crippen LogP contribution in [0.5, 0.6) is 5.75 Å². The minimum Gasteiger partial charge on any atom is -0.497 e. The molecule has 0 N–H and O–H groups in total. The normalized spacial score (nSPS) is 10.8. The summed E-state index contributed by atoms with van der Waals surface area (Å²) < 4.78 is 31.0. The first-order valence-electron chi connectivity index (χ1n) is 5.34. The summed E-state index contributed by atoms with van der Waals surface area (Å²) in [5.74, 6) is 0.727. The van der Waals surface area contributed by atoms with Crippen molar-refractivity contribution in [1.29, 1.82) is 0 Å². The molecule has 0 saturated heterocycles. The number of nitrogens with zero attached hydrogens (tertiary/aromatic N) is 2. The van der Waals surface area contributed by atoms with Crippen molar-refractivity contribution in [3.05, 3.63) is 48.3 Å². The molecular formula is C12H11BF2N2O. The number of methoxy groups -OCH3 is 1. The first-order chi connectivity index (χ1) is 8.70. The van der Waals surface area contributed by atoms with Gasteiger partial charge in [-0.2, -0.15) is 0 Å². The highest BCUT2D eigenvalue weighted by atomic mass is 19.2. The molecule has 0 saturated carbocycles. The molecule has 0 spiro atoms. The fraction of sp³-hybridized carbons (Fsp3) is 0.0833. The fourth-order valence-electron chi connectivity index (χ4n) is 1.50. The van der Waals surface area contributed by atoms with Gasteiger partial charge in [0.25, 0.3) is 0 Å². The van der Waals surface area contributed by atoms with E-state index in [0.717, 1.165) is 10.2 Å². The van der Waals surface area contributed by atoms with Gasteiger partial charge < -0.3 is 9.21 Å². The first kappa shape index (κ1) is 12.4. The molecule has 2 rings (SSSR count). The van der Waals surface area contributed by atoms with Gasteiger partial charge in [-0.1, -0.05) is 0 Å². The quantitative estimate of drug-likeness (QED) is 0.603. The second kappa shape index (κ2) is 5.49. The molecule has 0 fully saturated rings. The lowest BCUT2D eigenvalue weighted by Crippen LogP contribution is -2.14. The van der Waals surface area contributed by atoms with Crippen LogP contribution < -0.4 is 4.74 Å². The average Bonchev–Trinajstić information content (AvgIpc) is 2.85. The molecule has 0 atom stereocenters. The van der Waals surface area contributed by atoms with Crippen molar-refractivity contribution in [2.75, 3.05) is 7.11 Å². The predicted molar refractivity (Wildman–Crippen MR) is 68.0 cm³/mol. The Kier molecular flexibility index (Phi) is 3.77. The summed E-state index contributed by atoms with van der Waals surface area (Å²) >= 11 is 0. The number of halogens is 2. The Morgan fingerprint density at radius 2 is 1.94 bits per heavy atom. The molecule has 92 valence electrons. The van der Waals surface area contributed by atoms with Crippen LogP contribution in [0.1, 0.15) is 5.69 Å². The molecule has 0 amide bonds. The first-order valence-corrected chi connectivity index (χ1v) is 5.34. The minimum atomic E-state index is -2.56. The Balaban J connectivity index is 2.16. The van der Waals surface area contributed by atoms with Gasteiger partial charge in [-0.3, -0.25) is 13.6 Å². The van der Waals surface area contributed by atoms with Crippen LogP contribution in [-0.2, 0) is 0 Å². The molecule has 6 heteroatoms. The van der Waals surface area contributed by atoms with Crippen LogP contribution in [0.15, 0.2) is 47.6 Å². The maximum absolute atomic E-state index is 12.6. The monoisotopic (exact) mass is 248 g/mol. The van der Waals surface area contributed by atoms with Crippen LogP contribution in [0.2, 0.25) is 0 Å². The molecule has 1 aromatic heterocycles. The van der Waals surface area contributed by atoms with Crippen LogP contribution in [0.25, 0.3) is 0 Å². The van der Waals surface area contributed by atoms with E-state index in [4.69, 9.17) is 4.74 Å². The van der Waals surface area contributed by atoms with Gasteiger partial charge in [-0.15, -0.1) is 0 Å². The van der Waals surface area contributed by atoms with Crippen molar-refractivity contribution in [2.24, 2.45) is 4.99 Å². The number of aliphatic imine (C=N–C) groups is 1. The SMILES string of the molecule is COc1ccc(N=Cc2cccn2B(F)F)cc1. The van der Waals surface area contributed by atoms with Crippen molar-refractivity contribution in [2.45, 2.75) is 0 Å². The Bertz CT molecular complexity index is 537. The summed E-state index contributed by atoms with van der Waals surface area (Å²) in [6.07, 6.45) is 2.73. The van der Waals surface area contributed by atoms with Crippen molar-refractivity contribution < 1.29 is 13.4 Å². The van der Waals surface area contributed by atoms with E-state index in [1.165, 1.54) is 12.4 Å². The minimum absolute atomic E-state index is 0.362. The molecule has 18 heavy (non-hydrogen) atoms. The van der Waals surface area contributed by atoms with Gasteiger partial charge in [0.05, 0.1) is 24.7 Å². The largest absolute Gasteiger partial charge is 0.677 e. The lowest BCUT2D eigenvalue weighted by Gasteiger charge is -2.01. The van der Waals surface area contributed by atoms with Gasteiger partial charge in [0.15, 0.2) is 0 Å². The number of aromatic nitrogens is 1. The highest BCUT2D eigenvalue weighted by Gasteiger charge is 2.17. The van der Waals surface area contributed by atoms with Gasteiger partial charge in [0.1, 0.15) is 5.75 Å². The van der Waals surface area contributed by atoms with Crippen LogP contribution in [0.3, 0.4) is 0 Å². The van der Waals surface area contributed by atoms with Crippen molar-refractivity contribution in [3.8, 4) is 5.75 Å². The second-order valence-corrected chi connectivity index (χ2v) is 3.57. The Morgan fingerprint density at radius 3 is 2.56 bits per heavy atom. The molecule has 0 aliphatic carbocycles. The van der Waals surface area contributed by atoms with E-state index in [-0.39, 0.29) is 0 Å². The Hall–Kier alpha value is -2.11. The summed E-state index contributed by atoms with van der Waals surface area (Å²) in [5, 5.41) is 0. The molecular weight excluding hydrogens is 237 g/mol. The number of rotatable bonds is 4. The van der Waals surface area contributed by atoms with Crippen LogP contribution >= 0.6 is 0 Å². The highest BCUT2D eigenvalue weighted by Crippen LogP contribution is 2.17. The molecule has 0 radical (unpaired) electrons. The van der Waals surface area contributed by atoms with Crippen molar-refractivity contribution >= 4 is 19.3 Å². The third kappa shape index (κ3) is 2.77. The van der Waals surface area contributed by atoms with Crippen molar-refractivity contribution in [3.63, 3.8) is 0 Å². The predicted octanol–water partition coefficient (Wildman–Crippen LogP) is 3.02. The molecule has 0 aliphatic heterocycles. The van der Waals surface area contributed by atoms with E-state index in [2.05, 4.69) is 4.99 Å². The summed E-state index contributed by atoms with van der Waals surface area (Å²) in [6, 6.07) is 10.2. The van der Waals surface area contributed by atoms with E-state index in [9.17, 15) is 8.63 Å². The number of hydrogen-bond donors (Lipinski definition) is 0. The summed E-state index contributed by atoms with van der Waals surface area (Å²) in [7, 11) is -0.981. The molecule has 0 aliphatic rings. The molecule has 1 aromatic carbocycles. The smallest absolute Gasteiger partial charge is 0.497 e. The van der Waals surface area contributed by atoms with Gasteiger partial charge in [-0.25, -0.2) is 0 Å². The van der Waals surface area contributed by atoms with Crippen LogP contribution in [0, 0.1) is 0 Å². The summed E-state index contributed by atoms with van der Waals surface area (Å²) in [4.78, 5) is 4.13. The van der Waals surface area contributed by atoms with E-state index >= 15 is 0 Å². The van der Waals surface area contributed by atoms with Crippen molar-refractivity contribution in [1.82, 2.24) is 4.48 Å². The highest BCUT2D eigenvalue weighted by molar-refractivity contribution is 6.41. The number of hydrogen-bond acceptors (Lipinski definition) is 2. The summed E-state index contributed by atoms with van der Waals surface area (Å²) in [5.41, 5.74) is 1.04. The molecule has 3 nitrogen and oxygen atoms in total. The second-order valence-electron chi connectivity index (χ2n) is 3.57. The third-order valence-electron chi connectivity index (χ3n) is 2.44. The number of benzene rings is 1. The maximum atomic E-state index is 12.6. The Morgan fingerprint density at radius 1 is 1.22 bits per heavy atom. The fourth-order valence-corrected chi connectivity index (χ4v) is 1.50. The van der Waals surface area contributed by atoms with E-state index < -0.39 is 7.40 Å². The van der Waals surface area contributed by atoms with Crippen LogP contribution in [-0.4, -0.2) is 25.2 Å². The maximum Gasteiger partial charge on any atom is 0.677 e. The lowest BCUT2D eigenvalue weighted by molar-refractivity contribution is 0.415. The standard InChI is InChI=1S/C12H11BF2N2O/c1-18-12-6-4-10(5-7-12)16-9-11-3-2-8-17(11)13(14)15/h2-9H,1H3. The third-order valence-corrected chi connectivity index (χ3v) is 2.44. The van der Waals surface area contributed by atoms with Gasteiger partial charge in [0.2, 0.25) is 0 Å². The molecule has 2 aromatic rings. The lowest BCUT2D eigenvalue weighted by atomic mass is 10.2. The Labute approximate surface area is 104 Å². The van der Waals surface area contributed by atoms with E-state index in [1.54, 1.807) is 43.5 Å². The zero-order valence-electron chi connectivity index (χ0n) is 9.75. The average molecular weight is 248 g/mol. The topological polar surface area (TPSA) is 26.5 Å². The molecule has 0 unspecified atom stereocenters. The molecule has 0 bridgehead atoms. The van der Waals surface area contributed by atoms with E-state index in [0.29, 0.717) is 11.4 Å². The zero-order valence-corrected chi connectivity index (χ0v) is 9.75. The zero-order chi connectivity index (χ0) is 13.0. The summed E-state index contributed by atoms with van der Waals surface area (Å²) in [6.45, 7) is 0. The molecule has 1 heterocycles. The van der Waals surface area contributed by atoms with Crippen LogP contribution in [0.4, 0.5) is 14.3 Å². The number of ether oxygens (including phenoxy) is 1. The van der Waals surface area contributed by atoms with Gasteiger partial charge in [-0.05, 0) is 42.6 Å². The van der Waals surface area contributed by atoms with Gasteiger partial charge >= 0.3 is 7.40 Å². The van der Waals surface area contributed by atoms with Gasteiger partial charge in [0, 0.05) is 0 Å². The van der Waals surface area contributed by atoms with E-state index in [1.807, 2.05) is 0 Å².